The fourth-order valence-electron chi connectivity index (χ4n) is 5.30. The quantitative estimate of drug-likeness (QED) is 0.363. The SMILES string of the molecule is COc1cc(F)cc2[nH]c(-c3c(N)ncc(-c4cc(F)cc(Cl)c4)c3N3CC[C@@H]4NCCO[C@H]4C3)nc12. The Balaban J connectivity index is 1.57. The van der Waals surface area contributed by atoms with Crippen LogP contribution in [0.4, 0.5) is 20.3 Å². The number of ether oxygens (including phenoxy) is 2. The number of nitrogens with zero attached hydrogens (tertiary/aromatic N) is 3. The zero-order valence-corrected chi connectivity index (χ0v) is 20.8. The molecule has 0 bridgehead atoms. The Hall–Kier alpha value is -3.47. The Morgan fingerprint density at radius 3 is 2.84 bits per heavy atom. The van der Waals surface area contributed by atoms with E-state index in [1.165, 1.54) is 31.4 Å². The maximum Gasteiger partial charge on any atom is 0.149 e. The number of nitrogens with two attached hydrogens (primary N) is 1. The highest BCUT2D eigenvalue weighted by molar-refractivity contribution is 6.30. The van der Waals surface area contributed by atoms with Crippen molar-refractivity contribution >= 4 is 34.1 Å². The topological polar surface area (TPSA) is 101 Å². The number of H-pyrrole nitrogens is 1. The van der Waals surface area contributed by atoms with Gasteiger partial charge in [-0.25, -0.2) is 18.7 Å². The number of methoxy groups -OCH3 is 1. The van der Waals surface area contributed by atoms with Gasteiger partial charge in [-0.15, -0.1) is 0 Å². The molecule has 2 saturated heterocycles. The van der Waals surface area contributed by atoms with Crippen LogP contribution < -0.4 is 20.7 Å². The van der Waals surface area contributed by atoms with E-state index in [2.05, 4.69) is 20.2 Å². The molecule has 0 radical (unpaired) electrons. The van der Waals surface area contributed by atoms with E-state index in [1.807, 2.05) is 0 Å². The van der Waals surface area contributed by atoms with Gasteiger partial charge in [-0.2, -0.15) is 0 Å². The second-order valence-electron chi connectivity index (χ2n) is 9.23. The molecular weight excluding hydrogens is 502 g/mol. The highest BCUT2D eigenvalue weighted by Crippen LogP contribution is 2.44. The average Bonchev–Trinajstić information content (AvgIpc) is 3.30. The minimum absolute atomic E-state index is 0.0291. The third kappa shape index (κ3) is 4.35. The summed E-state index contributed by atoms with van der Waals surface area (Å²) in [4.78, 5) is 14.5. The molecular formula is C26H25ClF2N6O2. The Kier molecular flexibility index (Phi) is 6.10. The van der Waals surface area contributed by atoms with Gasteiger partial charge in [0.1, 0.15) is 34.5 Å². The number of imidazole rings is 1. The van der Waals surface area contributed by atoms with Crippen LogP contribution in [0.15, 0.2) is 36.5 Å². The number of pyridine rings is 1. The maximum atomic E-state index is 14.4. The highest BCUT2D eigenvalue weighted by atomic mass is 35.5. The lowest BCUT2D eigenvalue weighted by atomic mass is 9.95. The minimum atomic E-state index is -0.464. The van der Waals surface area contributed by atoms with Crippen LogP contribution in [-0.4, -0.2) is 60.4 Å². The first kappa shape index (κ1) is 23.9. The number of aromatic nitrogens is 3. The molecule has 4 aromatic rings. The smallest absolute Gasteiger partial charge is 0.149 e. The number of morpholine rings is 1. The number of halogens is 3. The number of aromatic amines is 1. The molecule has 37 heavy (non-hydrogen) atoms. The van der Waals surface area contributed by atoms with Crippen LogP contribution in [0.1, 0.15) is 6.42 Å². The molecule has 8 nitrogen and oxygen atoms in total. The van der Waals surface area contributed by atoms with E-state index >= 15 is 0 Å². The lowest BCUT2D eigenvalue weighted by molar-refractivity contribution is -0.00899. The average molecular weight is 527 g/mol. The molecule has 0 unspecified atom stereocenters. The number of nitrogens with one attached hydrogen (secondary N) is 2. The molecule has 2 atom stereocenters. The van der Waals surface area contributed by atoms with Crippen LogP contribution in [-0.2, 0) is 4.74 Å². The molecule has 0 saturated carbocycles. The summed E-state index contributed by atoms with van der Waals surface area (Å²) in [5, 5.41) is 3.79. The third-order valence-electron chi connectivity index (χ3n) is 6.94. The van der Waals surface area contributed by atoms with Gasteiger partial charge in [0, 0.05) is 48.5 Å². The van der Waals surface area contributed by atoms with Crippen molar-refractivity contribution in [3.63, 3.8) is 0 Å². The summed E-state index contributed by atoms with van der Waals surface area (Å²) in [6.45, 7) is 2.73. The Labute approximate surface area is 216 Å². The van der Waals surface area contributed by atoms with Gasteiger partial charge >= 0.3 is 0 Å². The summed E-state index contributed by atoms with van der Waals surface area (Å²) < 4.78 is 40.1. The van der Waals surface area contributed by atoms with E-state index in [0.29, 0.717) is 59.0 Å². The molecule has 0 aliphatic carbocycles. The number of anilines is 2. The zero-order valence-electron chi connectivity index (χ0n) is 20.0. The molecule has 11 heteroatoms. The van der Waals surface area contributed by atoms with Crippen LogP contribution in [0.3, 0.4) is 0 Å². The maximum absolute atomic E-state index is 14.4. The summed E-state index contributed by atoms with van der Waals surface area (Å²) >= 11 is 6.22. The normalized spacial score (nSPS) is 19.7. The second-order valence-corrected chi connectivity index (χ2v) is 9.67. The van der Waals surface area contributed by atoms with Crippen LogP contribution in [0.2, 0.25) is 5.02 Å². The van der Waals surface area contributed by atoms with E-state index in [0.717, 1.165) is 18.7 Å². The van der Waals surface area contributed by atoms with Gasteiger partial charge in [-0.05, 0) is 36.2 Å². The van der Waals surface area contributed by atoms with Gasteiger partial charge in [-0.3, -0.25) is 0 Å². The molecule has 0 amide bonds. The van der Waals surface area contributed by atoms with E-state index in [-0.39, 0.29) is 23.0 Å². The lowest BCUT2D eigenvalue weighted by Crippen LogP contribution is -2.58. The van der Waals surface area contributed by atoms with Crippen molar-refractivity contribution in [3.05, 3.63) is 53.2 Å². The number of nitrogen functional groups attached to an aromatic ring is 1. The summed E-state index contributed by atoms with van der Waals surface area (Å²) in [7, 11) is 1.46. The Morgan fingerprint density at radius 1 is 1.19 bits per heavy atom. The van der Waals surface area contributed by atoms with Crippen molar-refractivity contribution < 1.29 is 18.3 Å². The minimum Gasteiger partial charge on any atom is -0.494 e. The van der Waals surface area contributed by atoms with Crippen LogP contribution in [0, 0.1) is 11.6 Å². The van der Waals surface area contributed by atoms with E-state index < -0.39 is 11.6 Å². The van der Waals surface area contributed by atoms with Crippen LogP contribution in [0.5, 0.6) is 5.75 Å². The van der Waals surface area contributed by atoms with Gasteiger partial charge in [-0.1, -0.05) is 11.6 Å². The van der Waals surface area contributed by atoms with Crippen LogP contribution >= 0.6 is 11.6 Å². The number of hydrogen-bond donors (Lipinski definition) is 3. The largest absolute Gasteiger partial charge is 0.494 e. The molecule has 192 valence electrons. The molecule has 2 aliphatic rings. The van der Waals surface area contributed by atoms with Gasteiger partial charge in [0.05, 0.1) is 36.6 Å². The number of fused-ring (bicyclic) bond motifs is 2. The summed E-state index contributed by atoms with van der Waals surface area (Å²) in [5.74, 6) is -0.00824. The first-order chi connectivity index (χ1) is 17.9. The number of hydrogen-bond acceptors (Lipinski definition) is 7. The van der Waals surface area contributed by atoms with Crippen molar-refractivity contribution in [2.24, 2.45) is 0 Å². The molecule has 2 aliphatic heterocycles. The molecule has 2 aromatic heterocycles. The first-order valence-corrected chi connectivity index (χ1v) is 12.4. The number of rotatable bonds is 4. The van der Waals surface area contributed by atoms with Crippen molar-refractivity contribution in [1.29, 1.82) is 0 Å². The highest BCUT2D eigenvalue weighted by Gasteiger charge is 2.35. The van der Waals surface area contributed by atoms with E-state index in [1.54, 1.807) is 12.3 Å². The molecule has 0 spiro atoms. The van der Waals surface area contributed by atoms with Gasteiger partial charge in [0.25, 0.3) is 0 Å². The molecule has 2 aromatic carbocycles. The Bertz CT molecular complexity index is 1480. The van der Waals surface area contributed by atoms with Crippen molar-refractivity contribution in [1.82, 2.24) is 20.3 Å². The van der Waals surface area contributed by atoms with Crippen LogP contribution in [0.25, 0.3) is 33.5 Å². The molecule has 4 heterocycles. The predicted molar refractivity (Wildman–Crippen MR) is 139 cm³/mol. The molecule has 2 fully saturated rings. The molecule has 6 rings (SSSR count). The summed E-state index contributed by atoms with van der Waals surface area (Å²) in [5.41, 5.74) is 9.84. The summed E-state index contributed by atoms with van der Waals surface area (Å²) in [6.07, 6.45) is 2.43. The van der Waals surface area contributed by atoms with Crippen molar-refractivity contribution in [3.8, 4) is 28.3 Å². The summed E-state index contributed by atoms with van der Waals surface area (Å²) in [6, 6.07) is 7.23. The molecule has 4 N–H and O–H groups in total. The van der Waals surface area contributed by atoms with E-state index in [4.69, 9.17) is 31.8 Å². The Morgan fingerprint density at radius 2 is 2.03 bits per heavy atom. The fraction of sp³-hybridized carbons (Fsp3) is 0.308. The monoisotopic (exact) mass is 526 g/mol. The van der Waals surface area contributed by atoms with Crippen molar-refractivity contribution in [2.45, 2.75) is 18.6 Å². The van der Waals surface area contributed by atoms with E-state index in [9.17, 15) is 8.78 Å². The van der Waals surface area contributed by atoms with Gasteiger partial charge in [0.15, 0.2) is 0 Å². The third-order valence-corrected chi connectivity index (χ3v) is 7.16. The van der Waals surface area contributed by atoms with Crippen molar-refractivity contribution in [2.75, 3.05) is 44.0 Å². The fourth-order valence-corrected chi connectivity index (χ4v) is 5.52. The van der Waals surface area contributed by atoms with Gasteiger partial charge in [0.2, 0.25) is 0 Å². The predicted octanol–water partition coefficient (Wildman–Crippen LogP) is 4.38. The lowest BCUT2D eigenvalue weighted by Gasteiger charge is -2.43. The first-order valence-electron chi connectivity index (χ1n) is 12.0. The second kappa shape index (κ2) is 9.44. The number of benzene rings is 2. The number of piperidine rings is 1. The standard InChI is InChI=1S/C26H25ClF2N6O2/c1-36-20-10-16(29)9-19-23(20)34-26(33-19)22-24(35-4-2-18-21(12-35)37-5-3-31-18)17(11-32-25(22)30)13-6-14(27)8-15(28)7-13/h6-11,18,21,31H,2-5,12H2,1H3,(H2,30,32)(H,33,34)/t18-,21-/m0/s1. The van der Waals surface area contributed by atoms with Gasteiger partial charge < -0.3 is 30.4 Å². The zero-order chi connectivity index (χ0) is 25.7.